The SMILES string of the molecule is CCCN(Cc1cccs1)C(=O)CCN. The van der Waals surface area contributed by atoms with Crippen molar-refractivity contribution in [2.24, 2.45) is 5.73 Å². The Labute approximate surface area is 94.9 Å². The Bertz CT molecular complexity index is 285. The van der Waals surface area contributed by atoms with Crippen LogP contribution in [0.4, 0.5) is 0 Å². The van der Waals surface area contributed by atoms with Gasteiger partial charge in [0.2, 0.25) is 5.91 Å². The van der Waals surface area contributed by atoms with Crippen molar-refractivity contribution in [3.05, 3.63) is 22.4 Å². The van der Waals surface area contributed by atoms with Gasteiger partial charge in [0.1, 0.15) is 0 Å². The Morgan fingerprint density at radius 1 is 1.60 bits per heavy atom. The van der Waals surface area contributed by atoms with E-state index in [9.17, 15) is 4.79 Å². The molecule has 2 N–H and O–H groups in total. The maximum absolute atomic E-state index is 11.7. The van der Waals surface area contributed by atoms with Crippen LogP contribution in [0.3, 0.4) is 0 Å². The largest absolute Gasteiger partial charge is 0.338 e. The molecular weight excluding hydrogens is 208 g/mol. The van der Waals surface area contributed by atoms with Crippen LogP contribution in [0.25, 0.3) is 0 Å². The van der Waals surface area contributed by atoms with Crippen molar-refractivity contribution in [1.82, 2.24) is 4.90 Å². The van der Waals surface area contributed by atoms with Gasteiger partial charge in [-0.2, -0.15) is 0 Å². The van der Waals surface area contributed by atoms with Crippen molar-refractivity contribution in [2.45, 2.75) is 26.3 Å². The number of rotatable bonds is 6. The third-order valence-corrected chi connectivity index (χ3v) is 2.99. The fourth-order valence-corrected chi connectivity index (χ4v) is 2.15. The summed E-state index contributed by atoms with van der Waals surface area (Å²) in [5.41, 5.74) is 5.39. The van der Waals surface area contributed by atoms with Gasteiger partial charge in [-0.05, 0) is 17.9 Å². The quantitative estimate of drug-likeness (QED) is 0.804. The second kappa shape index (κ2) is 6.58. The number of thiophene rings is 1. The highest BCUT2D eigenvalue weighted by molar-refractivity contribution is 7.09. The van der Waals surface area contributed by atoms with E-state index in [2.05, 4.69) is 13.0 Å². The lowest BCUT2D eigenvalue weighted by Crippen LogP contribution is -2.32. The second-order valence-corrected chi connectivity index (χ2v) is 4.47. The van der Waals surface area contributed by atoms with Crippen molar-refractivity contribution < 1.29 is 4.79 Å². The smallest absolute Gasteiger partial charge is 0.224 e. The molecule has 1 aromatic heterocycles. The standard InChI is InChI=1S/C11H18N2OS/c1-2-7-13(11(14)5-6-12)9-10-4-3-8-15-10/h3-4,8H,2,5-7,9,12H2,1H3. The van der Waals surface area contributed by atoms with Gasteiger partial charge in [-0.25, -0.2) is 0 Å². The fraction of sp³-hybridized carbons (Fsp3) is 0.545. The highest BCUT2D eigenvalue weighted by Gasteiger charge is 2.12. The first-order valence-corrected chi connectivity index (χ1v) is 6.16. The van der Waals surface area contributed by atoms with Gasteiger partial charge in [0.25, 0.3) is 0 Å². The molecule has 0 aliphatic rings. The summed E-state index contributed by atoms with van der Waals surface area (Å²) in [6.45, 7) is 4.06. The van der Waals surface area contributed by atoms with Gasteiger partial charge < -0.3 is 10.6 Å². The number of nitrogens with zero attached hydrogens (tertiary/aromatic N) is 1. The molecule has 1 aromatic rings. The Kier molecular flexibility index (Phi) is 5.36. The van der Waals surface area contributed by atoms with Gasteiger partial charge in [0, 0.05) is 24.4 Å². The van der Waals surface area contributed by atoms with Crippen molar-refractivity contribution >= 4 is 17.2 Å². The van der Waals surface area contributed by atoms with Crippen LogP contribution >= 0.6 is 11.3 Å². The summed E-state index contributed by atoms with van der Waals surface area (Å²) >= 11 is 1.69. The second-order valence-electron chi connectivity index (χ2n) is 3.43. The summed E-state index contributed by atoms with van der Waals surface area (Å²) in [6, 6.07) is 4.07. The Hall–Kier alpha value is -0.870. The molecule has 84 valence electrons. The molecule has 0 aliphatic heterocycles. The molecular formula is C11H18N2OS. The average Bonchev–Trinajstić information content (AvgIpc) is 2.70. The van der Waals surface area contributed by atoms with Crippen molar-refractivity contribution in [3.63, 3.8) is 0 Å². The first-order chi connectivity index (χ1) is 7.27. The first kappa shape index (κ1) is 12.2. The van der Waals surface area contributed by atoms with Gasteiger partial charge in [0.15, 0.2) is 0 Å². The summed E-state index contributed by atoms with van der Waals surface area (Å²) in [5.74, 6) is 0.160. The van der Waals surface area contributed by atoms with Crippen LogP contribution < -0.4 is 5.73 Å². The molecule has 0 saturated carbocycles. The third kappa shape index (κ3) is 4.01. The summed E-state index contributed by atoms with van der Waals surface area (Å²) in [7, 11) is 0. The molecule has 0 saturated heterocycles. The first-order valence-electron chi connectivity index (χ1n) is 5.28. The number of carbonyl (C=O) groups is 1. The molecule has 0 unspecified atom stereocenters. The van der Waals surface area contributed by atoms with Gasteiger partial charge in [-0.1, -0.05) is 13.0 Å². The van der Waals surface area contributed by atoms with E-state index in [1.165, 1.54) is 4.88 Å². The van der Waals surface area contributed by atoms with E-state index in [-0.39, 0.29) is 5.91 Å². The molecule has 0 aromatic carbocycles. The lowest BCUT2D eigenvalue weighted by molar-refractivity contribution is -0.131. The molecule has 0 bridgehead atoms. The van der Waals surface area contributed by atoms with Crippen LogP contribution in [-0.4, -0.2) is 23.9 Å². The zero-order valence-corrected chi connectivity index (χ0v) is 9.93. The van der Waals surface area contributed by atoms with E-state index in [1.54, 1.807) is 11.3 Å². The predicted octanol–water partition coefficient (Wildman–Crippen LogP) is 1.84. The molecule has 0 radical (unpaired) electrons. The van der Waals surface area contributed by atoms with E-state index >= 15 is 0 Å². The van der Waals surface area contributed by atoms with Crippen LogP contribution in [0.1, 0.15) is 24.6 Å². The molecule has 1 rings (SSSR count). The van der Waals surface area contributed by atoms with Crippen LogP contribution in [0.5, 0.6) is 0 Å². The minimum Gasteiger partial charge on any atom is -0.338 e. The number of nitrogens with two attached hydrogens (primary N) is 1. The Morgan fingerprint density at radius 2 is 2.40 bits per heavy atom. The predicted molar refractivity (Wildman–Crippen MR) is 63.7 cm³/mol. The maximum Gasteiger partial charge on any atom is 0.224 e. The van der Waals surface area contributed by atoms with Crippen molar-refractivity contribution in [3.8, 4) is 0 Å². The van der Waals surface area contributed by atoms with Crippen molar-refractivity contribution in [1.29, 1.82) is 0 Å². The molecule has 0 atom stereocenters. The van der Waals surface area contributed by atoms with E-state index in [0.717, 1.165) is 19.5 Å². The van der Waals surface area contributed by atoms with Gasteiger partial charge in [0.05, 0.1) is 6.54 Å². The zero-order valence-electron chi connectivity index (χ0n) is 9.11. The molecule has 0 spiro atoms. The monoisotopic (exact) mass is 226 g/mol. The third-order valence-electron chi connectivity index (χ3n) is 2.13. The molecule has 1 heterocycles. The topological polar surface area (TPSA) is 46.3 Å². The fourth-order valence-electron chi connectivity index (χ4n) is 1.43. The van der Waals surface area contributed by atoms with Gasteiger partial charge in [-0.3, -0.25) is 4.79 Å². The molecule has 0 fully saturated rings. The number of carbonyl (C=O) groups excluding carboxylic acids is 1. The lowest BCUT2D eigenvalue weighted by Gasteiger charge is -2.21. The summed E-state index contributed by atoms with van der Waals surface area (Å²) in [5, 5.41) is 2.03. The molecule has 0 aliphatic carbocycles. The number of hydrogen-bond acceptors (Lipinski definition) is 3. The van der Waals surface area contributed by atoms with E-state index in [0.29, 0.717) is 13.0 Å². The molecule has 3 nitrogen and oxygen atoms in total. The molecule has 4 heteroatoms. The van der Waals surface area contributed by atoms with Crippen LogP contribution in [0.15, 0.2) is 17.5 Å². The van der Waals surface area contributed by atoms with Crippen LogP contribution in [-0.2, 0) is 11.3 Å². The van der Waals surface area contributed by atoms with Crippen molar-refractivity contribution in [2.75, 3.05) is 13.1 Å². The van der Waals surface area contributed by atoms with Crippen LogP contribution in [0, 0.1) is 0 Å². The minimum atomic E-state index is 0.160. The van der Waals surface area contributed by atoms with E-state index < -0.39 is 0 Å². The van der Waals surface area contributed by atoms with Gasteiger partial charge in [-0.15, -0.1) is 11.3 Å². The highest BCUT2D eigenvalue weighted by atomic mass is 32.1. The summed E-state index contributed by atoms with van der Waals surface area (Å²) in [4.78, 5) is 14.8. The normalized spacial score (nSPS) is 10.3. The highest BCUT2D eigenvalue weighted by Crippen LogP contribution is 2.12. The van der Waals surface area contributed by atoms with Crippen LogP contribution in [0.2, 0.25) is 0 Å². The minimum absolute atomic E-state index is 0.160. The average molecular weight is 226 g/mol. The van der Waals surface area contributed by atoms with Gasteiger partial charge >= 0.3 is 0 Å². The summed E-state index contributed by atoms with van der Waals surface area (Å²) < 4.78 is 0. The Morgan fingerprint density at radius 3 is 2.93 bits per heavy atom. The van der Waals surface area contributed by atoms with E-state index in [4.69, 9.17) is 5.73 Å². The zero-order chi connectivity index (χ0) is 11.1. The molecule has 15 heavy (non-hydrogen) atoms. The number of hydrogen-bond donors (Lipinski definition) is 1. The summed E-state index contributed by atoms with van der Waals surface area (Å²) in [6.07, 6.45) is 1.44. The maximum atomic E-state index is 11.7. The lowest BCUT2D eigenvalue weighted by atomic mass is 10.3. The number of amides is 1. The Balaban J connectivity index is 2.53. The molecule has 1 amide bonds. The van der Waals surface area contributed by atoms with E-state index in [1.807, 2.05) is 16.3 Å².